The molecular formula is C15H28N2O. The van der Waals surface area contributed by atoms with E-state index in [-0.39, 0.29) is 0 Å². The molecule has 0 radical (unpaired) electrons. The zero-order chi connectivity index (χ0) is 13.1. The number of amides is 1. The van der Waals surface area contributed by atoms with Gasteiger partial charge in [-0.05, 0) is 44.6 Å². The fourth-order valence-electron chi connectivity index (χ4n) is 3.32. The molecule has 0 aromatic rings. The number of piperazine rings is 1. The van der Waals surface area contributed by atoms with Gasteiger partial charge >= 0.3 is 0 Å². The van der Waals surface area contributed by atoms with Gasteiger partial charge in [-0.2, -0.15) is 0 Å². The van der Waals surface area contributed by atoms with Gasteiger partial charge in [0.05, 0.1) is 0 Å². The molecule has 0 aromatic heterocycles. The number of hydrogen-bond acceptors (Lipinski definition) is 2. The molecule has 1 saturated carbocycles. The SMILES string of the molecule is CC(C)[C@H]1CC[C@@H](C(=O)N2CCN(C)CC2)CC1. The standard InChI is InChI=1S/C15H28N2O/c1-12(2)13-4-6-14(7-5-13)15(18)17-10-8-16(3)9-11-17/h12-14H,4-11H2,1-3H3/t13-,14+. The van der Waals surface area contributed by atoms with E-state index in [0.717, 1.165) is 50.9 Å². The van der Waals surface area contributed by atoms with Gasteiger partial charge in [0.15, 0.2) is 0 Å². The van der Waals surface area contributed by atoms with Crippen LogP contribution in [0.1, 0.15) is 39.5 Å². The zero-order valence-electron chi connectivity index (χ0n) is 12.2. The molecule has 0 N–H and O–H groups in total. The zero-order valence-corrected chi connectivity index (χ0v) is 12.2. The van der Waals surface area contributed by atoms with E-state index in [1.165, 1.54) is 12.8 Å². The number of likely N-dealkylation sites (N-methyl/N-ethyl adjacent to an activating group) is 1. The Morgan fingerprint density at radius 2 is 1.56 bits per heavy atom. The van der Waals surface area contributed by atoms with Crippen molar-refractivity contribution in [2.75, 3.05) is 33.2 Å². The maximum absolute atomic E-state index is 12.4. The molecule has 0 aromatic carbocycles. The number of nitrogens with zero attached hydrogens (tertiary/aromatic N) is 2. The molecule has 2 aliphatic rings. The van der Waals surface area contributed by atoms with Crippen LogP contribution in [0.3, 0.4) is 0 Å². The number of carbonyl (C=O) groups excluding carboxylic acids is 1. The number of carbonyl (C=O) groups is 1. The summed E-state index contributed by atoms with van der Waals surface area (Å²) in [5, 5.41) is 0. The summed E-state index contributed by atoms with van der Waals surface area (Å²) >= 11 is 0. The molecule has 3 nitrogen and oxygen atoms in total. The van der Waals surface area contributed by atoms with Gasteiger partial charge in [0.25, 0.3) is 0 Å². The van der Waals surface area contributed by atoms with Gasteiger partial charge in [-0.3, -0.25) is 4.79 Å². The first kappa shape index (κ1) is 13.9. The van der Waals surface area contributed by atoms with Crippen LogP contribution in [-0.4, -0.2) is 48.9 Å². The molecule has 1 aliphatic carbocycles. The smallest absolute Gasteiger partial charge is 0.225 e. The first-order chi connectivity index (χ1) is 8.58. The molecule has 18 heavy (non-hydrogen) atoms. The van der Waals surface area contributed by atoms with E-state index in [9.17, 15) is 4.79 Å². The van der Waals surface area contributed by atoms with Crippen molar-refractivity contribution in [3.63, 3.8) is 0 Å². The Kier molecular flexibility index (Phi) is 4.66. The summed E-state index contributed by atoms with van der Waals surface area (Å²) in [6.07, 6.45) is 4.74. The highest BCUT2D eigenvalue weighted by molar-refractivity contribution is 5.79. The Labute approximate surface area is 112 Å². The molecule has 0 unspecified atom stereocenters. The highest BCUT2D eigenvalue weighted by atomic mass is 16.2. The van der Waals surface area contributed by atoms with Crippen molar-refractivity contribution in [1.29, 1.82) is 0 Å². The Morgan fingerprint density at radius 3 is 2.06 bits per heavy atom. The maximum Gasteiger partial charge on any atom is 0.225 e. The Hall–Kier alpha value is -0.570. The predicted octanol–water partition coefficient (Wildman–Crippen LogP) is 2.22. The first-order valence-electron chi connectivity index (χ1n) is 7.55. The Balaban J connectivity index is 1.80. The lowest BCUT2D eigenvalue weighted by molar-refractivity contribution is -0.138. The Morgan fingerprint density at radius 1 is 1.00 bits per heavy atom. The third kappa shape index (κ3) is 3.25. The van der Waals surface area contributed by atoms with E-state index >= 15 is 0 Å². The summed E-state index contributed by atoms with van der Waals surface area (Å²) in [5.41, 5.74) is 0. The number of hydrogen-bond donors (Lipinski definition) is 0. The van der Waals surface area contributed by atoms with E-state index in [0.29, 0.717) is 11.8 Å². The summed E-state index contributed by atoms with van der Waals surface area (Å²) < 4.78 is 0. The summed E-state index contributed by atoms with van der Waals surface area (Å²) in [5.74, 6) is 2.39. The molecule has 104 valence electrons. The lowest BCUT2D eigenvalue weighted by Crippen LogP contribution is -2.49. The van der Waals surface area contributed by atoms with Crippen LogP contribution in [0.5, 0.6) is 0 Å². The molecule has 1 amide bonds. The minimum atomic E-state index is 0.323. The molecule has 0 bridgehead atoms. The van der Waals surface area contributed by atoms with Crippen LogP contribution in [0.25, 0.3) is 0 Å². The van der Waals surface area contributed by atoms with E-state index < -0.39 is 0 Å². The molecule has 0 spiro atoms. The average molecular weight is 252 g/mol. The molecule has 1 saturated heterocycles. The van der Waals surface area contributed by atoms with Gasteiger partial charge in [0, 0.05) is 32.1 Å². The van der Waals surface area contributed by atoms with Gasteiger partial charge in [-0.15, -0.1) is 0 Å². The van der Waals surface area contributed by atoms with Gasteiger partial charge in [0.2, 0.25) is 5.91 Å². The third-order valence-corrected chi connectivity index (χ3v) is 4.88. The van der Waals surface area contributed by atoms with Crippen molar-refractivity contribution in [2.24, 2.45) is 17.8 Å². The second-order valence-electron chi connectivity index (χ2n) is 6.48. The fourth-order valence-corrected chi connectivity index (χ4v) is 3.32. The van der Waals surface area contributed by atoms with Crippen LogP contribution >= 0.6 is 0 Å². The van der Waals surface area contributed by atoms with Gasteiger partial charge in [0.1, 0.15) is 0 Å². The van der Waals surface area contributed by atoms with Crippen LogP contribution < -0.4 is 0 Å². The first-order valence-corrected chi connectivity index (χ1v) is 7.55. The van der Waals surface area contributed by atoms with E-state index in [1.54, 1.807) is 0 Å². The lowest BCUT2D eigenvalue weighted by Gasteiger charge is -2.37. The van der Waals surface area contributed by atoms with E-state index in [4.69, 9.17) is 0 Å². The fraction of sp³-hybridized carbons (Fsp3) is 0.933. The van der Waals surface area contributed by atoms with Crippen LogP contribution in [0.2, 0.25) is 0 Å². The average Bonchev–Trinajstić information content (AvgIpc) is 2.39. The van der Waals surface area contributed by atoms with Crippen molar-refractivity contribution in [3.8, 4) is 0 Å². The van der Waals surface area contributed by atoms with Crippen LogP contribution in [-0.2, 0) is 4.79 Å². The normalized spacial score (nSPS) is 30.8. The maximum atomic E-state index is 12.4. The topological polar surface area (TPSA) is 23.6 Å². The molecule has 3 heteroatoms. The van der Waals surface area contributed by atoms with Crippen molar-refractivity contribution in [3.05, 3.63) is 0 Å². The molecule has 1 heterocycles. The van der Waals surface area contributed by atoms with E-state index in [2.05, 4.69) is 30.7 Å². The largest absolute Gasteiger partial charge is 0.340 e. The van der Waals surface area contributed by atoms with Crippen LogP contribution in [0.4, 0.5) is 0 Å². The van der Waals surface area contributed by atoms with Gasteiger partial charge in [-0.25, -0.2) is 0 Å². The van der Waals surface area contributed by atoms with Crippen LogP contribution in [0, 0.1) is 17.8 Å². The summed E-state index contributed by atoms with van der Waals surface area (Å²) in [6, 6.07) is 0. The Bertz CT molecular complexity index is 274. The van der Waals surface area contributed by atoms with Crippen molar-refractivity contribution >= 4 is 5.91 Å². The van der Waals surface area contributed by atoms with Crippen molar-refractivity contribution < 1.29 is 4.79 Å². The quantitative estimate of drug-likeness (QED) is 0.752. The summed E-state index contributed by atoms with van der Waals surface area (Å²) in [7, 11) is 2.13. The minimum absolute atomic E-state index is 0.323. The third-order valence-electron chi connectivity index (χ3n) is 4.88. The molecule has 0 atom stereocenters. The lowest BCUT2D eigenvalue weighted by atomic mass is 9.76. The highest BCUT2D eigenvalue weighted by Gasteiger charge is 2.31. The number of rotatable bonds is 2. The second-order valence-corrected chi connectivity index (χ2v) is 6.48. The summed E-state index contributed by atoms with van der Waals surface area (Å²) in [4.78, 5) is 16.8. The van der Waals surface area contributed by atoms with Crippen molar-refractivity contribution in [2.45, 2.75) is 39.5 Å². The van der Waals surface area contributed by atoms with Crippen LogP contribution in [0.15, 0.2) is 0 Å². The molecule has 1 aliphatic heterocycles. The summed E-state index contributed by atoms with van der Waals surface area (Å²) in [6.45, 7) is 8.56. The molecular weight excluding hydrogens is 224 g/mol. The van der Waals surface area contributed by atoms with Crippen molar-refractivity contribution in [1.82, 2.24) is 9.80 Å². The predicted molar refractivity (Wildman–Crippen MR) is 74.4 cm³/mol. The van der Waals surface area contributed by atoms with E-state index in [1.807, 2.05) is 0 Å². The van der Waals surface area contributed by atoms with Gasteiger partial charge < -0.3 is 9.80 Å². The molecule has 2 fully saturated rings. The monoisotopic (exact) mass is 252 g/mol. The molecule has 2 rings (SSSR count). The highest BCUT2D eigenvalue weighted by Crippen LogP contribution is 2.34. The minimum Gasteiger partial charge on any atom is -0.340 e. The van der Waals surface area contributed by atoms with Gasteiger partial charge in [-0.1, -0.05) is 13.8 Å². The second kappa shape index (κ2) is 6.05.